The van der Waals surface area contributed by atoms with E-state index in [-0.39, 0.29) is 41.7 Å². The Kier molecular flexibility index (Phi) is 6.68. The largest absolute Gasteiger partial charge is 0.469 e. The van der Waals surface area contributed by atoms with Crippen molar-refractivity contribution in [3.8, 4) is 0 Å². The number of esters is 2. The van der Waals surface area contributed by atoms with Gasteiger partial charge in [-0.3, -0.25) is 9.59 Å². The average molecular weight is 435 g/mol. The molecule has 5 heteroatoms. The first-order valence-electron chi connectivity index (χ1n) is 12.0. The maximum Gasteiger partial charge on any atom is 0.308 e. The second-order valence-corrected chi connectivity index (χ2v) is 11.7. The molecule has 176 valence electrons. The van der Waals surface area contributed by atoms with E-state index in [4.69, 9.17) is 14.2 Å². The molecule has 0 N–H and O–H groups in total. The topological polar surface area (TPSA) is 61.8 Å². The van der Waals surface area contributed by atoms with Crippen molar-refractivity contribution in [3.63, 3.8) is 0 Å². The van der Waals surface area contributed by atoms with Crippen LogP contribution in [-0.2, 0) is 23.8 Å². The zero-order valence-corrected chi connectivity index (χ0v) is 20.6. The molecule has 0 radical (unpaired) electrons. The van der Waals surface area contributed by atoms with E-state index in [1.807, 2.05) is 20.8 Å². The fourth-order valence-electron chi connectivity index (χ4n) is 6.80. The summed E-state index contributed by atoms with van der Waals surface area (Å²) in [6.07, 6.45) is 9.05. The maximum atomic E-state index is 12.3. The van der Waals surface area contributed by atoms with Crippen molar-refractivity contribution in [2.45, 2.75) is 104 Å². The van der Waals surface area contributed by atoms with E-state index in [1.165, 1.54) is 20.0 Å². The Labute approximate surface area is 188 Å². The van der Waals surface area contributed by atoms with Gasteiger partial charge in [0.2, 0.25) is 0 Å². The number of fused-ring (bicyclic) bond motifs is 2. The van der Waals surface area contributed by atoms with Gasteiger partial charge >= 0.3 is 11.9 Å². The molecule has 1 saturated carbocycles. The number of allylic oxidation sites excluding steroid dienone is 1. The third-order valence-electron chi connectivity index (χ3n) is 8.41. The first-order chi connectivity index (χ1) is 14.4. The van der Waals surface area contributed by atoms with Gasteiger partial charge in [0.1, 0.15) is 6.61 Å². The molecule has 1 aliphatic heterocycles. The highest BCUT2D eigenvalue weighted by Gasteiger charge is 2.65. The number of ether oxygens (including phenoxy) is 3. The Morgan fingerprint density at radius 1 is 1.10 bits per heavy atom. The summed E-state index contributed by atoms with van der Waals surface area (Å²) in [6, 6.07) is 0. The summed E-state index contributed by atoms with van der Waals surface area (Å²) in [5.41, 5.74) is 0.183. The molecule has 0 bridgehead atoms. The first-order valence-corrected chi connectivity index (χ1v) is 12.0. The lowest BCUT2D eigenvalue weighted by molar-refractivity contribution is -0.196. The summed E-state index contributed by atoms with van der Waals surface area (Å²) in [7, 11) is 1.43. The minimum absolute atomic E-state index is 0.0584. The number of carbonyl (C=O) groups is 2. The van der Waals surface area contributed by atoms with Gasteiger partial charge in [0, 0.05) is 11.8 Å². The van der Waals surface area contributed by atoms with Crippen LogP contribution in [0.5, 0.6) is 0 Å². The van der Waals surface area contributed by atoms with Crippen molar-refractivity contribution in [1.29, 1.82) is 0 Å². The second-order valence-electron chi connectivity index (χ2n) is 11.7. The summed E-state index contributed by atoms with van der Waals surface area (Å²) in [6.45, 7) is 13.5. The molecule has 5 nitrogen and oxygen atoms in total. The number of rotatable bonds is 6. The van der Waals surface area contributed by atoms with Crippen molar-refractivity contribution in [1.82, 2.24) is 0 Å². The Morgan fingerprint density at radius 2 is 1.81 bits per heavy atom. The third kappa shape index (κ3) is 4.44. The number of carbonyl (C=O) groups excluding carboxylic acids is 2. The summed E-state index contributed by atoms with van der Waals surface area (Å²) < 4.78 is 17.7. The molecular formula is C26H42O5. The van der Waals surface area contributed by atoms with Crippen molar-refractivity contribution >= 4 is 11.9 Å². The molecule has 0 aromatic heterocycles. The highest BCUT2D eigenvalue weighted by atomic mass is 16.6. The fraction of sp³-hybridized carbons (Fsp3) is 0.846. The summed E-state index contributed by atoms with van der Waals surface area (Å²) >= 11 is 0. The molecular weight excluding hydrogens is 392 g/mol. The second kappa shape index (κ2) is 8.53. The molecule has 3 rings (SSSR count). The van der Waals surface area contributed by atoms with Crippen molar-refractivity contribution in [3.05, 3.63) is 11.6 Å². The van der Waals surface area contributed by atoms with Crippen LogP contribution >= 0.6 is 0 Å². The van der Waals surface area contributed by atoms with E-state index in [0.717, 1.165) is 31.3 Å². The van der Waals surface area contributed by atoms with E-state index < -0.39 is 11.2 Å². The van der Waals surface area contributed by atoms with Gasteiger partial charge < -0.3 is 14.2 Å². The minimum Gasteiger partial charge on any atom is -0.469 e. The van der Waals surface area contributed by atoms with E-state index >= 15 is 0 Å². The molecule has 1 heterocycles. The van der Waals surface area contributed by atoms with Gasteiger partial charge in [0.15, 0.2) is 0 Å². The van der Waals surface area contributed by atoms with Gasteiger partial charge in [-0.25, -0.2) is 0 Å². The van der Waals surface area contributed by atoms with Gasteiger partial charge in [-0.1, -0.05) is 47.1 Å². The van der Waals surface area contributed by atoms with Crippen LogP contribution in [0.4, 0.5) is 0 Å². The first kappa shape index (κ1) is 24.3. The number of methoxy groups -OCH3 is 1. The Hall–Kier alpha value is -1.36. The van der Waals surface area contributed by atoms with Crippen LogP contribution in [0.3, 0.4) is 0 Å². The van der Waals surface area contributed by atoms with Crippen LogP contribution in [0.2, 0.25) is 0 Å². The monoisotopic (exact) mass is 434 g/mol. The van der Waals surface area contributed by atoms with E-state index in [2.05, 4.69) is 26.8 Å². The van der Waals surface area contributed by atoms with Crippen LogP contribution in [0, 0.1) is 22.7 Å². The van der Waals surface area contributed by atoms with E-state index in [0.29, 0.717) is 12.3 Å². The Morgan fingerprint density at radius 3 is 2.45 bits per heavy atom. The number of hydrogen-bond donors (Lipinski definition) is 0. The molecule has 0 aromatic carbocycles. The van der Waals surface area contributed by atoms with Gasteiger partial charge in [-0.15, -0.1) is 0 Å². The molecule has 0 unspecified atom stereocenters. The molecule has 1 spiro atoms. The maximum absolute atomic E-state index is 12.3. The molecule has 2 aliphatic carbocycles. The lowest BCUT2D eigenvalue weighted by Gasteiger charge is -2.61. The highest BCUT2D eigenvalue weighted by molar-refractivity contribution is 5.71. The number of hydrogen-bond acceptors (Lipinski definition) is 5. The molecule has 0 amide bonds. The zero-order chi connectivity index (χ0) is 23.1. The van der Waals surface area contributed by atoms with Crippen LogP contribution in [0.15, 0.2) is 11.6 Å². The van der Waals surface area contributed by atoms with Crippen LogP contribution in [0.25, 0.3) is 0 Å². The Balaban J connectivity index is 1.95. The van der Waals surface area contributed by atoms with Gasteiger partial charge in [0.05, 0.1) is 24.7 Å². The lowest BCUT2D eigenvalue weighted by Crippen LogP contribution is -2.60. The quantitative estimate of drug-likeness (QED) is 0.402. The van der Waals surface area contributed by atoms with Gasteiger partial charge in [-0.05, 0) is 61.9 Å². The van der Waals surface area contributed by atoms with Crippen molar-refractivity contribution < 1.29 is 23.8 Å². The van der Waals surface area contributed by atoms with Crippen LogP contribution in [-0.4, -0.2) is 36.9 Å². The minimum atomic E-state index is -0.569. The fourth-order valence-corrected chi connectivity index (χ4v) is 6.80. The lowest BCUT2D eigenvalue weighted by atomic mass is 9.46. The molecule has 1 saturated heterocycles. The van der Waals surface area contributed by atoms with Gasteiger partial charge in [0.25, 0.3) is 0 Å². The molecule has 4 atom stereocenters. The van der Waals surface area contributed by atoms with Crippen molar-refractivity contribution in [2.75, 3.05) is 13.7 Å². The van der Waals surface area contributed by atoms with Crippen molar-refractivity contribution in [2.24, 2.45) is 22.7 Å². The molecule has 31 heavy (non-hydrogen) atoms. The van der Waals surface area contributed by atoms with Crippen LogP contribution < -0.4 is 0 Å². The molecule has 0 aromatic rings. The molecule has 2 fully saturated rings. The van der Waals surface area contributed by atoms with Crippen LogP contribution in [0.1, 0.15) is 92.9 Å². The molecule has 3 aliphatic rings. The summed E-state index contributed by atoms with van der Waals surface area (Å²) in [5, 5.41) is 0. The summed E-state index contributed by atoms with van der Waals surface area (Å²) in [5.74, 6) is 0.366. The average Bonchev–Trinajstić information content (AvgIpc) is 3.00. The normalized spacial score (nSPS) is 36.8. The van der Waals surface area contributed by atoms with E-state index in [1.54, 1.807) is 0 Å². The predicted octanol–water partition coefficient (Wildman–Crippen LogP) is 5.61. The predicted molar refractivity (Wildman–Crippen MR) is 120 cm³/mol. The summed E-state index contributed by atoms with van der Waals surface area (Å²) in [4.78, 5) is 24.4. The highest BCUT2D eigenvalue weighted by Crippen LogP contribution is 2.66. The standard InChI is InChI=1S/C26H42O5/c1-18(2)15-21(27)30-17-19-9-10-20-23(3,4)11-8-12-25(20,6)26(19)14-13-24(5,31-26)16-22(28)29-7/h9,18,20H,8,10-17H2,1-7H3/t20-,24+,25-,26+/m0/s1. The van der Waals surface area contributed by atoms with E-state index in [9.17, 15) is 9.59 Å². The third-order valence-corrected chi connectivity index (χ3v) is 8.41. The zero-order valence-electron chi connectivity index (χ0n) is 20.6. The van der Waals surface area contributed by atoms with Gasteiger partial charge in [-0.2, -0.15) is 0 Å². The smallest absolute Gasteiger partial charge is 0.308 e. The Bertz CT molecular complexity index is 738. The SMILES string of the molecule is COC(=O)C[C@@]1(C)CC[C@@]2(O1)C(COC(=O)CC(C)C)=CC[C@H]1C(C)(C)CCC[C@@]12C.